The van der Waals surface area contributed by atoms with Crippen molar-refractivity contribution in [2.24, 2.45) is 0 Å². The summed E-state index contributed by atoms with van der Waals surface area (Å²) in [6.07, 6.45) is 1.63. The third-order valence-electron chi connectivity index (χ3n) is 3.53. The number of imidazole rings is 1. The Morgan fingerprint density at radius 2 is 2.13 bits per heavy atom. The zero-order valence-electron chi connectivity index (χ0n) is 13.2. The van der Waals surface area contributed by atoms with Crippen molar-refractivity contribution in [1.29, 1.82) is 0 Å². The van der Waals surface area contributed by atoms with Crippen molar-refractivity contribution in [3.05, 3.63) is 47.9 Å². The molecule has 0 unspecified atom stereocenters. The number of hydrogen-bond donors (Lipinski definition) is 0. The molecule has 6 nitrogen and oxygen atoms in total. The Balaban J connectivity index is 2.15. The Bertz CT molecular complexity index is 871. The molecule has 0 saturated carbocycles. The maximum absolute atomic E-state index is 12.0. The first-order valence-corrected chi connectivity index (χ1v) is 7.31. The second-order valence-corrected chi connectivity index (χ2v) is 5.04. The SMILES string of the molecule is CCOC(=O)c1ncc2c(C)cc(-c3cccc(OC)c3)nn12. The molecule has 6 heteroatoms. The molecule has 0 atom stereocenters. The minimum atomic E-state index is -0.484. The molecule has 2 heterocycles. The van der Waals surface area contributed by atoms with Gasteiger partial charge in [0.25, 0.3) is 0 Å². The van der Waals surface area contributed by atoms with Crippen molar-refractivity contribution in [3.63, 3.8) is 0 Å². The van der Waals surface area contributed by atoms with Crippen LogP contribution in [0, 0.1) is 6.92 Å². The van der Waals surface area contributed by atoms with Gasteiger partial charge in [0.1, 0.15) is 5.75 Å². The van der Waals surface area contributed by atoms with Crippen LogP contribution in [0.15, 0.2) is 36.5 Å². The van der Waals surface area contributed by atoms with Gasteiger partial charge >= 0.3 is 5.97 Å². The van der Waals surface area contributed by atoms with E-state index >= 15 is 0 Å². The van der Waals surface area contributed by atoms with Gasteiger partial charge < -0.3 is 9.47 Å². The number of esters is 1. The van der Waals surface area contributed by atoms with Crippen LogP contribution in [0.4, 0.5) is 0 Å². The minimum absolute atomic E-state index is 0.176. The fraction of sp³-hybridized carbons (Fsp3) is 0.235. The van der Waals surface area contributed by atoms with Crippen LogP contribution in [0.3, 0.4) is 0 Å². The largest absolute Gasteiger partial charge is 0.497 e. The van der Waals surface area contributed by atoms with Crippen LogP contribution in [0.1, 0.15) is 23.1 Å². The van der Waals surface area contributed by atoms with Gasteiger partial charge in [0.05, 0.1) is 31.1 Å². The molecule has 3 rings (SSSR count). The standard InChI is InChI=1S/C17H17N3O3/c1-4-23-17(21)16-18-10-15-11(2)8-14(19-20(15)16)12-6-5-7-13(9-12)22-3/h5-10H,4H2,1-3H3. The molecule has 0 saturated heterocycles. The van der Waals surface area contributed by atoms with Gasteiger partial charge in [-0.15, -0.1) is 0 Å². The molecule has 0 N–H and O–H groups in total. The third kappa shape index (κ3) is 2.75. The molecule has 3 aromatic rings. The quantitative estimate of drug-likeness (QED) is 0.693. The number of rotatable bonds is 4. The number of fused-ring (bicyclic) bond motifs is 1. The predicted molar refractivity (Wildman–Crippen MR) is 85.7 cm³/mol. The first-order chi connectivity index (χ1) is 11.1. The lowest BCUT2D eigenvalue weighted by Crippen LogP contribution is -2.11. The highest BCUT2D eigenvalue weighted by atomic mass is 16.5. The molecule has 0 radical (unpaired) electrons. The summed E-state index contributed by atoms with van der Waals surface area (Å²) >= 11 is 0. The normalized spacial score (nSPS) is 10.7. The summed E-state index contributed by atoms with van der Waals surface area (Å²) in [4.78, 5) is 16.2. The van der Waals surface area contributed by atoms with E-state index in [2.05, 4.69) is 10.1 Å². The van der Waals surface area contributed by atoms with Crippen LogP contribution in [0.25, 0.3) is 16.8 Å². The van der Waals surface area contributed by atoms with Gasteiger partial charge in [-0.05, 0) is 37.6 Å². The van der Waals surface area contributed by atoms with Gasteiger partial charge in [0.2, 0.25) is 5.82 Å². The van der Waals surface area contributed by atoms with Gasteiger partial charge in [-0.1, -0.05) is 12.1 Å². The van der Waals surface area contributed by atoms with Crippen LogP contribution >= 0.6 is 0 Å². The molecule has 0 aliphatic heterocycles. The molecular weight excluding hydrogens is 294 g/mol. The fourth-order valence-corrected chi connectivity index (χ4v) is 2.39. The van der Waals surface area contributed by atoms with E-state index < -0.39 is 5.97 Å². The van der Waals surface area contributed by atoms with Gasteiger partial charge in [0, 0.05) is 5.56 Å². The van der Waals surface area contributed by atoms with Gasteiger partial charge in [0.15, 0.2) is 0 Å². The Morgan fingerprint density at radius 3 is 2.87 bits per heavy atom. The van der Waals surface area contributed by atoms with Gasteiger partial charge in [-0.25, -0.2) is 14.3 Å². The summed E-state index contributed by atoms with van der Waals surface area (Å²) in [5.41, 5.74) is 3.39. The number of ether oxygens (including phenoxy) is 2. The Labute approximate surface area is 133 Å². The lowest BCUT2D eigenvalue weighted by atomic mass is 10.1. The maximum Gasteiger partial charge on any atom is 0.376 e. The summed E-state index contributed by atoms with van der Waals surface area (Å²) in [6.45, 7) is 4.01. The van der Waals surface area contributed by atoms with Crippen molar-refractivity contribution in [3.8, 4) is 17.0 Å². The van der Waals surface area contributed by atoms with E-state index in [9.17, 15) is 4.79 Å². The molecule has 0 amide bonds. The van der Waals surface area contributed by atoms with E-state index in [-0.39, 0.29) is 5.82 Å². The second kappa shape index (κ2) is 6.08. The van der Waals surface area contributed by atoms with Crippen LogP contribution in [0.5, 0.6) is 5.75 Å². The summed E-state index contributed by atoms with van der Waals surface area (Å²) in [7, 11) is 1.62. The van der Waals surface area contributed by atoms with Crippen molar-refractivity contribution in [1.82, 2.24) is 14.6 Å². The van der Waals surface area contributed by atoms with E-state index in [1.807, 2.05) is 37.3 Å². The zero-order chi connectivity index (χ0) is 16.4. The lowest BCUT2D eigenvalue weighted by molar-refractivity contribution is 0.0509. The lowest BCUT2D eigenvalue weighted by Gasteiger charge is -2.08. The number of hydrogen-bond acceptors (Lipinski definition) is 5. The first kappa shape index (κ1) is 15.0. The highest BCUT2D eigenvalue weighted by Crippen LogP contribution is 2.24. The number of nitrogens with zero attached hydrogens (tertiary/aromatic N) is 3. The summed E-state index contributed by atoms with van der Waals surface area (Å²) in [5.74, 6) is 0.440. The molecule has 0 spiro atoms. The Kier molecular flexibility index (Phi) is 3.97. The zero-order valence-corrected chi connectivity index (χ0v) is 13.2. The smallest absolute Gasteiger partial charge is 0.376 e. The Hall–Kier alpha value is -2.89. The van der Waals surface area contributed by atoms with E-state index in [4.69, 9.17) is 9.47 Å². The highest BCUT2D eigenvalue weighted by molar-refractivity contribution is 5.87. The molecule has 0 aliphatic rings. The Morgan fingerprint density at radius 1 is 1.30 bits per heavy atom. The van der Waals surface area contributed by atoms with Crippen LogP contribution < -0.4 is 4.74 Å². The number of aryl methyl sites for hydroxylation is 1. The van der Waals surface area contributed by atoms with Crippen LogP contribution in [-0.2, 0) is 4.74 Å². The number of aromatic nitrogens is 3. The molecule has 0 fully saturated rings. The maximum atomic E-state index is 12.0. The number of benzene rings is 1. The van der Waals surface area contributed by atoms with Crippen LogP contribution in [0.2, 0.25) is 0 Å². The van der Waals surface area contributed by atoms with E-state index in [1.165, 1.54) is 4.52 Å². The first-order valence-electron chi connectivity index (χ1n) is 7.31. The molecule has 1 aromatic carbocycles. The average molecular weight is 311 g/mol. The molecule has 0 bridgehead atoms. The van der Waals surface area contributed by atoms with E-state index in [0.29, 0.717) is 6.61 Å². The van der Waals surface area contributed by atoms with Crippen molar-refractivity contribution >= 4 is 11.5 Å². The number of methoxy groups -OCH3 is 1. The monoisotopic (exact) mass is 311 g/mol. The van der Waals surface area contributed by atoms with Crippen molar-refractivity contribution < 1.29 is 14.3 Å². The predicted octanol–water partition coefficient (Wildman–Crippen LogP) is 2.89. The average Bonchev–Trinajstić information content (AvgIpc) is 2.99. The number of carbonyl (C=O) groups is 1. The fourth-order valence-electron chi connectivity index (χ4n) is 2.39. The van der Waals surface area contributed by atoms with Gasteiger partial charge in [-0.2, -0.15) is 5.10 Å². The molecule has 23 heavy (non-hydrogen) atoms. The highest BCUT2D eigenvalue weighted by Gasteiger charge is 2.17. The number of carbonyl (C=O) groups excluding carboxylic acids is 1. The molecule has 0 aliphatic carbocycles. The molecule has 2 aromatic heterocycles. The third-order valence-corrected chi connectivity index (χ3v) is 3.53. The van der Waals surface area contributed by atoms with Crippen molar-refractivity contribution in [2.75, 3.05) is 13.7 Å². The van der Waals surface area contributed by atoms with E-state index in [0.717, 1.165) is 28.1 Å². The summed E-state index contributed by atoms with van der Waals surface area (Å²) < 4.78 is 11.8. The van der Waals surface area contributed by atoms with Crippen molar-refractivity contribution in [2.45, 2.75) is 13.8 Å². The summed E-state index contributed by atoms with van der Waals surface area (Å²) in [6, 6.07) is 9.57. The molecular formula is C17H17N3O3. The van der Waals surface area contributed by atoms with Gasteiger partial charge in [-0.3, -0.25) is 0 Å². The summed E-state index contributed by atoms with van der Waals surface area (Å²) in [5, 5.41) is 4.54. The van der Waals surface area contributed by atoms with E-state index in [1.54, 1.807) is 20.2 Å². The minimum Gasteiger partial charge on any atom is -0.497 e. The molecule has 118 valence electrons. The topological polar surface area (TPSA) is 65.7 Å². The second-order valence-electron chi connectivity index (χ2n) is 5.04. The van der Waals surface area contributed by atoms with Crippen LogP contribution in [-0.4, -0.2) is 34.3 Å².